The van der Waals surface area contributed by atoms with Crippen molar-refractivity contribution >= 4 is 23.2 Å². The molecule has 0 aliphatic carbocycles. The van der Waals surface area contributed by atoms with Gasteiger partial charge in [0.05, 0.1) is 37.7 Å². The Bertz CT molecular complexity index is 941. The van der Waals surface area contributed by atoms with Crippen LogP contribution in [0.2, 0.25) is 0 Å². The van der Waals surface area contributed by atoms with E-state index in [0.29, 0.717) is 22.8 Å². The van der Waals surface area contributed by atoms with E-state index < -0.39 is 0 Å². The SMILES string of the molecule is COc1ccc(C(=O)N/N=C\c2cnc3ccccc3n2)cc1OC. The molecule has 0 fully saturated rings. The van der Waals surface area contributed by atoms with Crippen molar-refractivity contribution in [1.82, 2.24) is 15.4 Å². The zero-order chi connectivity index (χ0) is 17.6. The number of benzene rings is 2. The second-order valence-electron chi connectivity index (χ2n) is 5.05. The molecule has 0 saturated carbocycles. The van der Waals surface area contributed by atoms with E-state index in [1.807, 2.05) is 24.3 Å². The molecule has 2 aromatic carbocycles. The Kier molecular flexibility index (Phi) is 4.84. The summed E-state index contributed by atoms with van der Waals surface area (Å²) in [7, 11) is 3.04. The number of hydrogen-bond acceptors (Lipinski definition) is 6. The van der Waals surface area contributed by atoms with Crippen molar-refractivity contribution in [3.05, 3.63) is 59.9 Å². The Morgan fingerprint density at radius 1 is 1.08 bits per heavy atom. The molecule has 0 unspecified atom stereocenters. The summed E-state index contributed by atoms with van der Waals surface area (Å²) >= 11 is 0. The van der Waals surface area contributed by atoms with E-state index in [2.05, 4.69) is 20.5 Å². The van der Waals surface area contributed by atoms with Crippen LogP contribution in [0.5, 0.6) is 11.5 Å². The molecule has 3 aromatic rings. The van der Waals surface area contributed by atoms with Crippen molar-refractivity contribution in [2.75, 3.05) is 14.2 Å². The monoisotopic (exact) mass is 336 g/mol. The maximum Gasteiger partial charge on any atom is 0.271 e. The van der Waals surface area contributed by atoms with Crippen LogP contribution in [0.15, 0.2) is 53.8 Å². The van der Waals surface area contributed by atoms with Gasteiger partial charge in [0.1, 0.15) is 5.69 Å². The summed E-state index contributed by atoms with van der Waals surface area (Å²) in [5.74, 6) is 0.652. The normalized spacial score (nSPS) is 10.8. The van der Waals surface area contributed by atoms with E-state index >= 15 is 0 Å². The van der Waals surface area contributed by atoms with Crippen LogP contribution < -0.4 is 14.9 Å². The van der Waals surface area contributed by atoms with Gasteiger partial charge >= 0.3 is 0 Å². The first-order chi connectivity index (χ1) is 12.2. The Hall–Kier alpha value is -3.48. The average molecular weight is 336 g/mol. The summed E-state index contributed by atoms with van der Waals surface area (Å²) in [5, 5.41) is 3.92. The molecule has 1 aromatic heterocycles. The third-order valence-corrected chi connectivity index (χ3v) is 3.48. The first-order valence-corrected chi connectivity index (χ1v) is 7.48. The van der Waals surface area contributed by atoms with Gasteiger partial charge < -0.3 is 9.47 Å². The zero-order valence-electron chi connectivity index (χ0n) is 13.8. The molecular weight excluding hydrogens is 320 g/mol. The fourth-order valence-electron chi connectivity index (χ4n) is 2.23. The van der Waals surface area contributed by atoms with E-state index in [9.17, 15) is 4.79 Å². The molecule has 7 nitrogen and oxygen atoms in total. The summed E-state index contributed by atoms with van der Waals surface area (Å²) in [6.07, 6.45) is 3.03. The van der Waals surface area contributed by atoms with Gasteiger partial charge in [-0.15, -0.1) is 0 Å². The number of amides is 1. The van der Waals surface area contributed by atoms with Crippen LogP contribution in [0, 0.1) is 0 Å². The molecule has 1 N–H and O–H groups in total. The molecule has 1 amide bonds. The molecule has 1 heterocycles. The van der Waals surface area contributed by atoms with Gasteiger partial charge in [0.2, 0.25) is 0 Å². The first-order valence-electron chi connectivity index (χ1n) is 7.48. The lowest BCUT2D eigenvalue weighted by Crippen LogP contribution is -2.17. The smallest absolute Gasteiger partial charge is 0.271 e. The van der Waals surface area contributed by atoms with Crippen LogP contribution in [0.3, 0.4) is 0 Å². The minimum Gasteiger partial charge on any atom is -0.493 e. The van der Waals surface area contributed by atoms with Crippen LogP contribution in [0.4, 0.5) is 0 Å². The maximum absolute atomic E-state index is 12.2. The highest BCUT2D eigenvalue weighted by molar-refractivity contribution is 5.95. The standard InChI is InChI=1S/C18H16N4O3/c1-24-16-8-7-12(9-17(16)25-2)18(23)22-20-11-13-10-19-14-5-3-4-6-15(14)21-13/h3-11H,1-2H3,(H,22,23)/b20-11-. The number of hydrogen-bond donors (Lipinski definition) is 1. The molecular formula is C18H16N4O3. The van der Waals surface area contributed by atoms with Gasteiger partial charge in [-0.1, -0.05) is 12.1 Å². The van der Waals surface area contributed by atoms with Crippen molar-refractivity contribution in [3.63, 3.8) is 0 Å². The molecule has 0 atom stereocenters. The molecule has 7 heteroatoms. The van der Waals surface area contributed by atoms with Crippen LogP contribution >= 0.6 is 0 Å². The minimum atomic E-state index is -0.369. The highest BCUT2D eigenvalue weighted by atomic mass is 16.5. The maximum atomic E-state index is 12.2. The van der Waals surface area contributed by atoms with Gasteiger partial charge in [-0.05, 0) is 30.3 Å². The number of ether oxygens (including phenoxy) is 2. The largest absolute Gasteiger partial charge is 0.493 e. The van der Waals surface area contributed by atoms with Crippen LogP contribution in [0.25, 0.3) is 11.0 Å². The number of aromatic nitrogens is 2. The molecule has 0 aliphatic heterocycles. The molecule has 0 bridgehead atoms. The van der Waals surface area contributed by atoms with Gasteiger partial charge in [0.25, 0.3) is 5.91 Å². The van der Waals surface area contributed by atoms with Gasteiger partial charge in [-0.2, -0.15) is 5.10 Å². The van der Waals surface area contributed by atoms with Gasteiger partial charge in [0, 0.05) is 5.56 Å². The molecule has 0 spiro atoms. The van der Waals surface area contributed by atoms with Gasteiger partial charge in [-0.3, -0.25) is 9.78 Å². The predicted molar refractivity (Wildman–Crippen MR) is 94.1 cm³/mol. The van der Waals surface area contributed by atoms with Crippen LogP contribution in [-0.4, -0.2) is 36.3 Å². The van der Waals surface area contributed by atoms with Crippen molar-refractivity contribution in [3.8, 4) is 11.5 Å². The first kappa shape index (κ1) is 16.4. The molecule has 25 heavy (non-hydrogen) atoms. The zero-order valence-corrected chi connectivity index (χ0v) is 13.8. The number of carbonyl (C=O) groups is 1. The van der Waals surface area contributed by atoms with Crippen LogP contribution in [-0.2, 0) is 0 Å². The lowest BCUT2D eigenvalue weighted by atomic mass is 10.2. The van der Waals surface area contributed by atoms with Gasteiger partial charge in [0.15, 0.2) is 11.5 Å². The highest BCUT2D eigenvalue weighted by Crippen LogP contribution is 2.27. The fraction of sp³-hybridized carbons (Fsp3) is 0.111. The summed E-state index contributed by atoms with van der Waals surface area (Å²) in [6, 6.07) is 12.4. The second kappa shape index (κ2) is 7.39. The van der Waals surface area contributed by atoms with Crippen LogP contribution in [0.1, 0.15) is 16.1 Å². The second-order valence-corrected chi connectivity index (χ2v) is 5.05. The lowest BCUT2D eigenvalue weighted by Gasteiger charge is -2.08. The highest BCUT2D eigenvalue weighted by Gasteiger charge is 2.10. The van der Waals surface area contributed by atoms with Crippen molar-refractivity contribution in [2.45, 2.75) is 0 Å². The van der Waals surface area contributed by atoms with E-state index in [1.165, 1.54) is 20.4 Å². The Balaban J connectivity index is 1.71. The predicted octanol–water partition coefficient (Wildman–Crippen LogP) is 2.41. The molecule has 0 aliphatic rings. The average Bonchev–Trinajstić information content (AvgIpc) is 2.67. The van der Waals surface area contributed by atoms with E-state index in [0.717, 1.165) is 11.0 Å². The number of methoxy groups -OCH3 is 2. The third-order valence-electron chi connectivity index (χ3n) is 3.48. The Labute approximate surface area is 144 Å². The van der Waals surface area contributed by atoms with E-state index in [-0.39, 0.29) is 5.91 Å². The number of para-hydroxylation sites is 2. The number of hydrazone groups is 1. The minimum absolute atomic E-state index is 0.369. The Morgan fingerprint density at radius 2 is 1.84 bits per heavy atom. The lowest BCUT2D eigenvalue weighted by molar-refractivity contribution is 0.0954. The number of fused-ring (bicyclic) bond motifs is 1. The molecule has 0 saturated heterocycles. The topological polar surface area (TPSA) is 85.7 Å². The van der Waals surface area contributed by atoms with Crippen molar-refractivity contribution < 1.29 is 14.3 Å². The quantitative estimate of drug-likeness (QED) is 0.571. The molecule has 126 valence electrons. The number of rotatable bonds is 5. The van der Waals surface area contributed by atoms with Crippen molar-refractivity contribution in [2.24, 2.45) is 5.10 Å². The summed E-state index contributed by atoms with van der Waals surface area (Å²) in [4.78, 5) is 20.8. The number of carbonyl (C=O) groups excluding carboxylic acids is 1. The molecule has 0 radical (unpaired) electrons. The van der Waals surface area contributed by atoms with E-state index in [4.69, 9.17) is 9.47 Å². The third kappa shape index (κ3) is 3.72. The summed E-state index contributed by atoms with van der Waals surface area (Å²) in [5.41, 5.74) is 4.96. The number of nitrogens with one attached hydrogen (secondary N) is 1. The number of nitrogens with zero attached hydrogens (tertiary/aromatic N) is 3. The van der Waals surface area contributed by atoms with E-state index in [1.54, 1.807) is 24.4 Å². The fourth-order valence-corrected chi connectivity index (χ4v) is 2.23. The Morgan fingerprint density at radius 3 is 2.60 bits per heavy atom. The van der Waals surface area contributed by atoms with Gasteiger partial charge in [-0.25, -0.2) is 10.4 Å². The molecule has 3 rings (SSSR count). The van der Waals surface area contributed by atoms with Crippen molar-refractivity contribution in [1.29, 1.82) is 0 Å². The summed E-state index contributed by atoms with van der Waals surface area (Å²) < 4.78 is 10.3. The summed E-state index contributed by atoms with van der Waals surface area (Å²) in [6.45, 7) is 0.